The van der Waals surface area contributed by atoms with Crippen LogP contribution < -0.4 is 4.74 Å². The molecule has 22 heavy (non-hydrogen) atoms. The third kappa shape index (κ3) is 6.64. The SMILES string of the molecule is CN(CCC(F)(F)F)C(=O)c1ccc(OCC(F)(F)F)nc1. The molecule has 0 saturated carbocycles. The molecule has 0 spiro atoms. The number of rotatable bonds is 5. The van der Waals surface area contributed by atoms with Gasteiger partial charge in [0.1, 0.15) is 0 Å². The largest absolute Gasteiger partial charge is 0.468 e. The second-order valence-electron chi connectivity index (χ2n) is 4.38. The standard InChI is InChI=1S/C12H12F6N2O2/c1-20(5-4-11(13,14)15)10(21)8-2-3-9(19-6-8)22-7-12(16,17)18/h2-3,6H,4-5,7H2,1H3. The lowest BCUT2D eigenvalue weighted by molar-refractivity contribution is -0.154. The first-order chi connectivity index (χ1) is 9.98. The number of amides is 1. The van der Waals surface area contributed by atoms with Crippen LogP contribution in [0.1, 0.15) is 16.8 Å². The van der Waals surface area contributed by atoms with Crippen LogP contribution in [0.15, 0.2) is 18.3 Å². The maximum absolute atomic E-state index is 12.1. The average Bonchev–Trinajstić information content (AvgIpc) is 2.40. The topological polar surface area (TPSA) is 42.4 Å². The van der Waals surface area contributed by atoms with Gasteiger partial charge in [-0.3, -0.25) is 4.79 Å². The first-order valence-electron chi connectivity index (χ1n) is 5.96. The summed E-state index contributed by atoms with van der Waals surface area (Å²) in [6, 6.07) is 2.17. The van der Waals surface area contributed by atoms with Crippen molar-refractivity contribution in [3.63, 3.8) is 0 Å². The van der Waals surface area contributed by atoms with Crippen molar-refractivity contribution in [1.82, 2.24) is 9.88 Å². The highest BCUT2D eigenvalue weighted by molar-refractivity contribution is 5.93. The zero-order valence-corrected chi connectivity index (χ0v) is 11.3. The van der Waals surface area contributed by atoms with Gasteiger partial charge in [0, 0.05) is 25.9 Å². The Kier molecular flexibility index (Phi) is 5.61. The average molecular weight is 330 g/mol. The molecule has 0 aromatic carbocycles. The van der Waals surface area contributed by atoms with Gasteiger partial charge in [0.15, 0.2) is 6.61 Å². The summed E-state index contributed by atoms with van der Waals surface area (Å²) in [6.45, 7) is -2.06. The summed E-state index contributed by atoms with van der Waals surface area (Å²) in [4.78, 5) is 16.1. The van der Waals surface area contributed by atoms with E-state index < -0.39 is 37.8 Å². The third-order valence-electron chi connectivity index (χ3n) is 2.44. The molecule has 0 fully saturated rings. The fourth-order valence-electron chi connectivity index (χ4n) is 1.36. The van der Waals surface area contributed by atoms with Crippen LogP contribution in [0.2, 0.25) is 0 Å². The number of carbonyl (C=O) groups excluding carboxylic acids is 1. The highest BCUT2D eigenvalue weighted by Crippen LogP contribution is 2.20. The molecule has 0 aliphatic heterocycles. The smallest absolute Gasteiger partial charge is 0.422 e. The molecular formula is C12H12F6N2O2. The fraction of sp³-hybridized carbons (Fsp3) is 0.500. The summed E-state index contributed by atoms with van der Waals surface area (Å²) in [5.41, 5.74) is -0.0518. The maximum Gasteiger partial charge on any atom is 0.422 e. The Labute approximate surface area is 121 Å². The molecule has 0 saturated heterocycles. The highest BCUT2D eigenvalue weighted by atomic mass is 19.4. The van der Waals surface area contributed by atoms with Crippen molar-refractivity contribution >= 4 is 5.91 Å². The van der Waals surface area contributed by atoms with Crippen molar-refractivity contribution in [2.75, 3.05) is 20.2 Å². The van der Waals surface area contributed by atoms with Crippen molar-refractivity contribution in [2.24, 2.45) is 0 Å². The molecule has 1 aromatic heterocycles. The van der Waals surface area contributed by atoms with E-state index >= 15 is 0 Å². The second kappa shape index (κ2) is 6.84. The van der Waals surface area contributed by atoms with Crippen LogP contribution in [0.5, 0.6) is 5.88 Å². The Morgan fingerprint density at radius 1 is 1.18 bits per heavy atom. The van der Waals surface area contributed by atoms with Gasteiger partial charge in [-0.2, -0.15) is 26.3 Å². The van der Waals surface area contributed by atoms with Gasteiger partial charge in [0.2, 0.25) is 5.88 Å². The molecule has 0 unspecified atom stereocenters. The summed E-state index contributed by atoms with van der Waals surface area (Å²) >= 11 is 0. The van der Waals surface area contributed by atoms with Gasteiger partial charge in [-0.05, 0) is 6.07 Å². The van der Waals surface area contributed by atoms with E-state index in [0.29, 0.717) is 0 Å². The Bertz CT molecular complexity index is 498. The van der Waals surface area contributed by atoms with E-state index in [9.17, 15) is 31.1 Å². The van der Waals surface area contributed by atoms with Crippen molar-refractivity contribution in [2.45, 2.75) is 18.8 Å². The number of alkyl halides is 6. The minimum Gasteiger partial charge on any atom is -0.468 e. The van der Waals surface area contributed by atoms with Gasteiger partial charge in [0.25, 0.3) is 5.91 Å². The minimum absolute atomic E-state index is 0.0518. The Morgan fingerprint density at radius 3 is 2.27 bits per heavy atom. The van der Waals surface area contributed by atoms with Crippen LogP contribution in [0.3, 0.4) is 0 Å². The number of halogens is 6. The molecule has 1 aromatic rings. The van der Waals surface area contributed by atoms with E-state index in [1.54, 1.807) is 0 Å². The molecule has 4 nitrogen and oxygen atoms in total. The molecule has 0 atom stereocenters. The van der Waals surface area contributed by atoms with Crippen LogP contribution in [0, 0.1) is 0 Å². The van der Waals surface area contributed by atoms with E-state index in [1.807, 2.05) is 0 Å². The van der Waals surface area contributed by atoms with Gasteiger partial charge in [-0.1, -0.05) is 0 Å². The molecule has 1 heterocycles. The number of ether oxygens (including phenoxy) is 1. The summed E-state index contributed by atoms with van der Waals surface area (Å²) in [5.74, 6) is -1.06. The number of hydrogen-bond donors (Lipinski definition) is 0. The normalized spacial score (nSPS) is 12.1. The van der Waals surface area contributed by atoms with Gasteiger partial charge >= 0.3 is 12.4 Å². The van der Waals surface area contributed by atoms with E-state index in [-0.39, 0.29) is 11.4 Å². The minimum atomic E-state index is -4.52. The molecule has 0 N–H and O–H groups in total. The first-order valence-corrected chi connectivity index (χ1v) is 5.96. The Balaban J connectivity index is 2.60. The van der Waals surface area contributed by atoms with Crippen LogP contribution in [0.25, 0.3) is 0 Å². The van der Waals surface area contributed by atoms with Crippen LogP contribution in [-0.4, -0.2) is 48.3 Å². The summed E-state index contributed by atoms with van der Waals surface area (Å²) < 4.78 is 76.3. The van der Waals surface area contributed by atoms with Crippen molar-refractivity contribution in [1.29, 1.82) is 0 Å². The Hall–Kier alpha value is -2.00. The molecule has 1 rings (SSSR count). The van der Waals surface area contributed by atoms with Gasteiger partial charge in [0.05, 0.1) is 12.0 Å². The maximum atomic E-state index is 12.1. The predicted molar refractivity (Wildman–Crippen MR) is 63.4 cm³/mol. The Morgan fingerprint density at radius 2 is 1.82 bits per heavy atom. The zero-order chi connectivity index (χ0) is 17.0. The molecule has 0 aliphatic carbocycles. The molecule has 1 amide bonds. The van der Waals surface area contributed by atoms with E-state index in [2.05, 4.69) is 9.72 Å². The van der Waals surface area contributed by atoms with E-state index in [1.165, 1.54) is 7.05 Å². The van der Waals surface area contributed by atoms with Crippen LogP contribution in [0.4, 0.5) is 26.3 Å². The van der Waals surface area contributed by atoms with Crippen LogP contribution >= 0.6 is 0 Å². The predicted octanol–water partition coefficient (Wildman–Crippen LogP) is 3.05. The number of aromatic nitrogens is 1. The number of nitrogens with zero attached hydrogens (tertiary/aromatic N) is 2. The van der Waals surface area contributed by atoms with Crippen molar-refractivity contribution in [3.05, 3.63) is 23.9 Å². The van der Waals surface area contributed by atoms with Gasteiger partial charge in [-0.25, -0.2) is 4.98 Å². The van der Waals surface area contributed by atoms with Crippen molar-refractivity contribution in [3.8, 4) is 5.88 Å². The molecular weight excluding hydrogens is 318 g/mol. The molecule has 0 aliphatic rings. The fourth-order valence-corrected chi connectivity index (χ4v) is 1.36. The lowest BCUT2D eigenvalue weighted by atomic mass is 10.2. The summed E-state index contributed by atoms with van der Waals surface area (Å²) in [6.07, 6.45) is -9.12. The van der Waals surface area contributed by atoms with E-state index in [4.69, 9.17) is 0 Å². The van der Waals surface area contributed by atoms with E-state index in [0.717, 1.165) is 23.2 Å². The lowest BCUT2D eigenvalue weighted by Crippen LogP contribution is -2.30. The monoisotopic (exact) mass is 330 g/mol. The molecule has 10 heteroatoms. The third-order valence-corrected chi connectivity index (χ3v) is 2.44. The highest BCUT2D eigenvalue weighted by Gasteiger charge is 2.29. The first kappa shape index (κ1) is 18.1. The lowest BCUT2D eigenvalue weighted by Gasteiger charge is -2.18. The zero-order valence-electron chi connectivity index (χ0n) is 11.3. The number of carbonyl (C=O) groups is 1. The van der Waals surface area contributed by atoms with Gasteiger partial charge in [-0.15, -0.1) is 0 Å². The quantitative estimate of drug-likeness (QED) is 0.780. The molecule has 0 radical (unpaired) electrons. The summed E-state index contributed by atoms with van der Waals surface area (Å²) in [7, 11) is 1.18. The molecule has 124 valence electrons. The second-order valence-corrected chi connectivity index (χ2v) is 4.38. The van der Waals surface area contributed by atoms with Gasteiger partial charge < -0.3 is 9.64 Å². The summed E-state index contributed by atoms with van der Waals surface area (Å²) in [5, 5.41) is 0. The number of pyridine rings is 1. The van der Waals surface area contributed by atoms with Crippen LogP contribution in [-0.2, 0) is 0 Å². The van der Waals surface area contributed by atoms with Crippen molar-refractivity contribution < 1.29 is 35.9 Å². The number of hydrogen-bond acceptors (Lipinski definition) is 3. The molecule has 0 bridgehead atoms.